The summed E-state index contributed by atoms with van der Waals surface area (Å²) in [5.74, 6) is -0.363. The predicted molar refractivity (Wildman–Crippen MR) is 121 cm³/mol. The fraction of sp³-hybridized carbons (Fsp3) is 0.231. The molecule has 0 bridgehead atoms. The minimum Gasteiger partial charge on any atom is -0.293 e. The Morgan fingerprint density at radius 1 is 1.06 bits per heavy atom. The maximum absolute atomic E-state index is 13.5. The van der Waals surface area contributed by atoms with Crippen LogP contribution in [0.2, 0.25) is 0 Å². The lowest BCUT2D eigenvalue weighted by Crippen LogP contribution is -2.36. The molecule has 0 N–H and O–H groups in total. The number of carbonyl (C=O) groups excluding carboxylic acids is 1. The predicted octanol–water partition coefficient (Wildman–Crippen LogP) is 4.94. The van der Waals surface area contributed by atoms with Gasteiger partial charge in [-0.2, -0.15) is 5.10 Å². The van der Waals surface area contributed by atoms with Crippen LogP contribution in [0.3, 0.4) is 0 Å². The van der Waals surface area contributed by atoms with Crippen LogP contribution in [-0.4, -0.2) is 35.1 Å². The van der Waals surface area contributed by atoms with Crippen LogP contribution in [0.1, 0.15) is 34.7 Å². The monoisotopic (exact) mass is 415 g/mol. The minimum atomic E-state index is -0.290. The summed E-state index contributed by atoms with van der Waals surface area (Å²) in [5.41, 5.74) is 5.06. The number of rotatable bonds is 6. The van der Waals surface area contributed by atoms with Gasteiger partial charge >= 0.3 is 0 Å². The van der Waals surface area contributed by atoms with Crippen molar-refractivity contribution in [2.24, 2.45) is 5.10 Å². The number of amides is 1. The van der Waals surface area contributed by atoms with Gasteiger partial charge in [-0.15, -0.1) is 0 Å². The largest absolute Gasteiger partial charge is 0.293 e. The molecule has 158 valence electrons. The van der Waals surface area contributed by atoms with E-state index < -0.39 is 0 Å². The third-order valence-corrected chi connectivity index (χ3v) is 5.47. The Labute approximate surface area is 182 Å². The van der Waals surface area contributed by atoms with Gasteiger partial charge in [-0.25, -0.2) is 9.40 Å². The average molecular weight is 416 g/mol. The maximum Gasteiger partial charge on any atom is 0.257 e. The zero-order valence-corrected chi connectivity index (χ0v) is 17.8. The Balaban J connectivity index is 1.56. The third kappa shape index (κ3) is 5.06. The molecule has 5 heteroatoms. The van der Waals surface area contributed by atoms with Crippen LogP contribution in [-0.2, 0) is 11.3 Å². The SMILES string of the molecule is Cc1cccc(C2=NN(C(=O)CN(C)Cc3ccccc3)C(c3ccc(F)cc3)C2)c1. The van der Waals surface area contributed by atoms with E-state index in [0.717, 1.165) is 28.0 Å². The molecule has 4 nitrogen and oxygen atoms in total. The van der Waals surface area contributed by atoms with Crippen molar-refractivity contribution >= 4 is 11.6 Å². The summed E-state index contributed by atoms with van der Waals surface area (Å²) in [4.78, 5) is 15.2. The Kier molecular flexibility index (Phi) is 6.23. The second kappa shape index (κ2) is 9.23. The summed E-state index contributed by atoms with van der Waals surface area (Å²) in [5, 5.41) is 6.30. The van der Waals surface area contributed by atoms with E-state index in [1.807, 2.05) is 67.4 Å². The molecule has 31 heavy (non-hydrogen) atoms. The van der Waals surface area contributed by atoms with Crippen molar-refractivity contribution in [2.75, 3.05) is 13.6 Å². The highest BCUT2D eigenvalue weighted by molar-refractivity contribution is 6.03. The van der Waals surface area contributed by atoms with Crippen molar-refractivity contribution < 1.29 is 9.18 Å². The number of halogens is 1. The maximum atomic E-state index is 13.5. The number of hydrazone groups is 1. The quantitative estimate of drug-likeness (QED) is 0.571. The summed E-state index contributed by atoms with van der Waals surface area (Å²) in [7, 11) is 1.93. The molecule has 1 heterocycles. The molecule has 0 saturated heterocycles. The van der Waals surface area contributed by atoms with Crippen molar-refractivity contribution in [3.8, 4) is 0 Å². The number of likely N-dealkylation sites (N-methyl/N-ethyl adjacent to an activating group) is 1. The fourth-order valence-corrected chi connectivity index (χ4v) is 3.94. The Morgan fingerprint density at radius 3 is 2.52 bits per heavy atom. The fourth-order valence-electron chi connectivity index (χ4n) is 3.94. The zero-order valence-electron chi connectivity index (χ0n) is 17.8. The van der Waals surface area contributed by atoms with Gasteiger partial charge in [0, 0.05) is 13.0 Å². The van der Waals surface area contributed by atoms with Crippen LogP contribution in [0, 0.1) is 12.7 Å². The minimum absolute atomic E-state index is 0.0737. The van der Waals surface area contributed by atoms with E-state index in [0.29, 0.717) is 13.0 Å². The van der Waals surface area contributed by atoms with Crippen LogP contribution in [0.5, 0.6) is 0 Å². The van der Waals surface area contributed by atoms with Gasteiger partial charge in [-0.3, -0.25) is 9.69 Å². The lowest BCUT2D eigenvalue weighted by molar-refractivity contribution is -0.134. The van der Waals surface area contributed by atoms with Crippen molar-refractivity contribution in [3.05, 3.63) is 107 Å². The zero-order chi connectivity index (χ0) is 21.8. The van der Waals surface area contributed by atoms with Gasteiger partial charge in [0.05, 0.1) is 18.3 Å². The molecule has 1 aliphatic heterocycles. The normalized spacial score (nSPS) is 15.9. The first-order valence-corrected chi connectivity index (χ1v) is 10.4. The first-order chi connectivity index (χ1) is 15.0. The summed E-state index contributed by atoms with van der Waals surface area (Å²) < 4.78 is 13.5. The molecule has 4 rings (SSSR count). The molecular weight excluding hydrogens is 389 g/mol. The van der Waals surface area contributed by atoms with Crippen LogP contribution in [0.15, 0.2) is 84.0 Å². The van der Waals surface area contributed by atoms with E-state index in [1.54, 1.807) is 17.1 Å². The smallest absolute Gasteiger partial charge is 0.257 e. The molecule has 0 radical (unpaired) electrons. The molecule has 1 unspecified atom stereocenters. The van der Waals surface area contributed by atoms with E-state index in [1.165, 1.54) is 12.1 Å². The Bertz CT molecular complexity index is 1080. The lowest BCUT2D eigenvalue weighted by Gasteiger charge is -2.25. The van der Waals surface area contributed by atoms with E-state index in [2.05, 4.69) is 6.07 Å². The van der Waals surface area contributed by atoms with Gasteiger partial charge in [0.1, 0.15) is 5.82 Å². The topological polar surface area (TPSA) is 35.9 Å². The Hall–Kier alpha value is -3.31. The highest BCUT2D eigenvalue weighted by Crippen LogP contribution is 2.33. The molecule has 1 atom stereocenters. The third-order valence-electron chi connectivity index (χ3n) is 5.47. The Morgan fingerprint density at radius 2 is 1.81 bits per heavy atom. The van der Waals surface area contributed by atoms with Crippen LogP contribution in [0.25, 0.3) is 0 Å². The number of aryl methyl sites for hydroxylation is 1. The van der Waals surface area contributed by atoms with E-state index in [9.17, 15) is 9.18 Å². The summed E-state index contributed by atoms with van der Waals surface area (Å²) in [6.07, 6.45) is 0.600. The van der Waals surface area contributed by atoms with Crippen LogP contribution < -0.4 is 0 Å². The first-order valence-electron chi connectivity index (χ1n) is 10.4. The standard InChI is InChI=1S/C26H26FN3O/c1-19-7-6-10-22(15-19)24-16-25(21-11-13-23(27)14-12-21)30(28-24)26(31)18-29(2)17-20-8-4-3-5-9-20/h3-15,25H,16-18H2,1-2H3. The number of benzene rings is 3. The molecule has 0 spiro atoms. The molecule has 1 amide bonds. The van der Waals surface area contributed by atoms with Crippen molar-refractivity contribution in [3.63, 3.8) is 0 Å². The van der Waals surface area contributed by atoms with Crippen molar-refractivity contribution in [1.82, 2.24) is 9.91 Å². The lowest BCUT2D eigenvalue weighted by atomic mass is 9.97. The molecule has 3 aromatic carbocycles. The second-order valence-electron chi connectivity index (χ2n) is 8.08. The molecule has 0 saturated carbocycles. The van der Waals surface area contributed by atoms with Gasteiger partial charge in [-0.1, -0.05) is 72.3 Å². The van der Waals surface area contributed by atoms with E-state index in [4.69, 9.17) is 5.10 Å². The summed E-state index contributed by atoms with van der Waals surface area (Å²) >= 11 is 0. The van der Waals surface area contributed by atoms with E-state index in [-0.39, 0.29) is 24.3 Å². The average Bonchev–Trinajstić information content (AvgIpc) is 3.21. The van der Waals surface area contributed by atoms with Crippen molar-refractivity contribution in [2.45, 2.75) is 25.9 Å². The number of hydrogen-bond donors (Lipinski definition) is 0. The van der Waals surface area contributed by atoms with Gasteiger partial charge in [0.15, 0.2) is 0 Å². The first kappa shape index (κ1) is 20.9. The van der Waals surface area contributed by atoms with Gasteiger partial charge in [-0.05, 0) is 42.8 Å². The molecule has 3 aromatic rings. The van der Waals surface area contributed by atoms with Gasteiger partial charge in [0.2, 0.25) is 0 Å². The van der Waals surface area contributed by atoms with E-state index >= 15 is 0 Å². The molecule has 0 aromatic heterocycles. The van der Waals surface area contributed by atoms with Gasteiger partial charge < -0.3 is 0 Å². The second-order valence-corrected chi connectivity index (χ2v) is 8.08. The van der Waals surface area contributed by atoms with Crippen LogP contribution >= 0.6 is 0 Å². The molecule has 1 aliphatic rings. The molecule has 0 fully saturated rings. The highest BCUT2D eigenvalue weighted by atomic mass is 19.1. The van der Waals surface area contributed by atoms with Crippen LogP contribution in [0.4, 0.5) is 4.39 Å². The molecule has 0 aliphatic carbocycles. The number of carbonyl (C=O) groups is 1. The summed E-state index contributed by atoms with van der Waals surface area (Å²) in [6, 6.07) is 24.3. The summed E-state index contributed by atoms with van der Waals surface area (Å²) in [6.45, 7) is 2.96. The number of nitrogens with zero attached hydrogens (tertiary/aromatic N) is 3. The number of hydrogen-bond acceptors (Lipinski definition) is 3. The molecular formula is C26H26FN3O. The van der Waals surface area contributed by atoms with Gasteiger partial charge in [0.25, 0.3) is 5.91 Å². The highest BCUT2D eigenvalue weighted by Gasteiger charge is 2.33. The van der Waals surface area contributed by atoms with Crippen molar-refractivity contribution in [1.29, 1.82) is 0 Å².